The van der Waals surface area contributed by atoms with Gasteiger partial charge in [0.05, 0.1) is 7.11 Å². The molecule has 0 N–H and O–H groups in total. The van der Waals surface area contributed by atoms with Gasteiger partial charge in [-0.15, -0.1) is 0 Å². The van der Waals surface area contributed by atoms with E-state index in [0.29, 0.717) is 11.5 Å². The van der Waals surface area contributed by atoms with Crippen molar-refractivity contribution in [3.05, 3.63) is 24.3 Å². The van der Waals surface area contributed by atoms with Crippen molar-refractivity contribution in [2.75, 3.05) is 33.9 Å². The van der Waals surface area contributed by atoms with Gasteiger partial charge in [-0.05, 0) is 58.3 Å². The Labute approximate surface area is 150 Å². The molecule has 0 aliphatic carbocycles. The number of fused-ring (bicyclic) bond motifs is 1. The monoisotopic (exact) mass is 346 g/mol. The minimum Gasteiger partial charge on any atom is -0.493 e. The number of para-hydroxylation sites is 2. The van der Waals surface area contributed by atoms with Crippen molar-refractivity contribution in [1.82, 2.24) is 9.80 Å². The number of piperidine rings is 1. The van der Waals surface area contributed by atoms with E-state index in [1.54, 1.807) is 7.11 Å². The van der Waals surface area contributed by atoms with Crippen LogP contribution in [0.1, 0.15) is 39.0 Å². The third-order valence-electron chi connectivity index (χ3n) is 6.01. The summed E-state index contributed by atoms with van der Waals surface area (Å²) in [6, 6.07) is 7.75. The maximum atomic E-state index is 12.9. The van der Waals surface area contributed by atoms with Crippen LogP contribution in [-0.2, 0) is 4.79 Å². The summed E-state index contributed by atoms with van der Waals surface area (Å²) >= 11 is 0. The fourth-order valence-corrected chi connectivity index (χ4v) is 4.38. The molecule has 25 heavy (non-hydrogen) atoms. The molecule has 0 aromatic heterocycles. The highest BCUT2D eigenvalue weighted by Crippen LogP contribution is 2.37. The van der Waals surface area contributed by atoms with Crippen molar-refractivity contribution >= 4 is 5.91 Å². The minimum atomic E-state index is 0.0661. The van der Waals surface area contributed by atoms with Crippen LogP contribution in [0.4, 0.5) is 0 Å². The van der Waals surface area contributed by atoms with Crippen LogP contribution in [0.5, 0.6) is 11.5 Å². The largest absolute Gasteiger partial charge is 0.493 e. The van der Waals surface area contributed by atoms with Gasteiger partial charge >= 0.3 is 0 Å². The third kappa shape index (κ3) is 3.61. The van der Waals surface area contributed by atoms with Gasteiger partial charge in [0.15, 0.2) is 18.1 Å². The summed E-state index contributed by atoms with van der Waals surface area (Å²) in [6.45, 7) is 4.34. The van der Waals surface area contributed by atoms with Gasteiger partial charge in [-0.2, -0.15) is 0 Å². The second-order valence-corrected chi connectivity index (χ2v) is 7.42. The lowest BCUT2D eigenvalue weighted by molar-refractivity contribution is -0.142. The van der Waals surface area contributed by atoms with Crippen molar-refractivity contribution in [1.29, 1.82) is 0 Å². The highest BCUT2D eigenvalue weighted by Gasteiger charge is 2.46. The zero-order valence-corrected chi connectivity index (χ0v) is 15.7. The lowest BCUT2D eigenvalue weighted by Gasteiger charge is -2.51. The maximum absolute atomic E-state index is 12.9. The Morgan fingerprint density at radius 1 is 1.20 bits per heavy atom. The van der Waals surface area contributed by atoms with E-state index in [2.05, 4.69) is 23.8 Å². The minimum absolute atomic E-state index is 0.0661. The van der Waals surface area contributed by atoms with Gasteiger partial charge in [-0.3, -0.25) is 9.69 Å². The smallest absolute Gasteiger partial charge is 0.260 e. The molecule has 2 aliphatic rings. The Balaban J connectivity index is 1.70. The number of likely N-dealkylation sites (N-methyl/N-ethyl adjacent to an activating group) is 1. The molecule has 2 heterocycles. The summed E-state index contributed by atoms with van der Waals surface area (Å²) in [6.07, 6.45) is 5.69. The molecular weight excluding hydrogens is 316 g/mol. The summed E-state index contributed by atoms with van der Waals surface area (Å²) < 4.78 is 11.1. The predicted molar refractivity (Wildman–Crippen MR) is 98.1 cm³/mol. The number of nitrogens with zero attached hydrogens (tertiary/aromatic N) is 2. The molecule has 2 atom stereocenters. The summed E-state index contributed by atoms with van der Waals surface area (Å²) in [4.78, 5) is 17.5. The number of hydrogen-bond acceptors (Lipinski definition) is 4. The van der Waals surface area contributed by atoms with Crippen LogP contribution < -0.4 is 9.47 Å². The number of likely N-dealkylation sites (tertiary alicyclic amines) is 2. The molecule has 3 rings (SSSR count). The number of carbonyl (C=O) groups excluding carboxylic acids is 1. The molecule has 0 saturated carbocycles. The van der Waals surface area contributed by atoms with Crippen LogP contribution in [0.3, 0.4) is 0 Å². The highest BCUT2D eigenvalue weighted by molar-refractivity contribution is 5.78. The average molecular weight is 346 g/mol. The number of benzene rings is 1. The van der Waals surface area contributed by atoms with Gasteiger partial charge < -0.3 is 14.4 Å². The Morgan fingerprint density at radius 3 is 2.72 bits per heavy atom. The van der Waals surface area contributed by atoms with E-state index in [4.69, 9.17) is 9.47 Å². The van der Waals surface area contributed by atoms with Crippen LogP contribution in [0.2, 0.25) is 0 Å². The Bertz CT molecular complexity index is 606. The van der Waals surface area contributed by atoms with Crippen molar-refractivity contribution in [2.45, 2.75) is 50.6 Å². The van der Waals surface area contributed by atoms with Crippen molar-refractivity contribution in [3.8, 4) is 11.5 Å². The molecular formula is C20H30N2O3. The molecule has 5 heteroatoms. The molecule has 1 aromatic rings. The number of methoxy groups -OCH3 is 1. The standard InChI is InChI=1S/C20H30N2O3/c1-20-12-8-14-22(18(20)11-6-7-13-21(20)2)19(23)15-25-17-10-5-4-9-16(17)24-3/h4-5,9-10,18H,6-8,11-15H2,1-3H3/t18-,20-/m0/s1. The molecule has 0 spiro atoms. The summed E-state index contributed by atoms with van der Waals surface area (Å²) in [5.41, 5.74) is 0.0782. The second-order valence-electron chi connectivity index (χ2n) is 7.42. The van der Waals surface area contributed by atoms with E-state index >= 15 is 0 Å². The van der Waals surface area contributed by atoms with E-state index in [-0.39, 0.29) is 24.1 Å². The first-order chi connectivity index (χ1) is 12.1. The summed E-state index contributed by atoms with van der Waals surface area (Å²) in [5.74, 6) is 1.36. The van der Waals surface area contributed by atoms with Gasteiger partial charge in [-0.25, -0.2) is 0 Å². The van der Waals surface area contributed by atoms with Gasteiger partial charge in [0.25, 0.3) is 5.91 Å². The van der Waals surface area contributed by atoms with Crippen LogP contribution in [0.15, 0.2) is 24.3 Å². The van der Waals surface area contributed by atoms with Crippen LogP contribution in [0.25, 0.3) is 0 Å². The SMILES string of the molecule is COc1ccccc1OCC(=O)N1CCC[C@@]2(C)[C@@H]1CCCCN2C. The van der Waals surface area contributed by atoms with Gasteiger partial charge in [0.1, 0.15) is 0 Å². The van der Waals surface area contributed by atoms with Crippen LogP contribution in [0, 0.1) is 0 Å². The zero-order valence-electron chi connectivity index (χ0n) is 15.7. The molecule has 138 valence electrons. The van der Waals surface area contributed by atoms with E-state index in [1.807, 2.05) is 24.3 Å². The van der Waals surface area contributed by atoms with E-state index in [0.717, 1.165) is 32.4 Å². The number of carbonyl (C=O) groups is 1. The lowest BCUT2D eigenvalue weighted by Crippen LogP contribution is -2.63. The molecule has 1 aromatic carbocycles. The number of amides is 1. The molecule has 0 unspecified atom stereocenters. The molecule has 0 radical (unpaired) electrons. The average Bonchev–Trinajstić information content (AvgIpc) is 2.78. The fourth-order valence-electron chi connectivity index (χ4n) is 4.38. The van der Waals surface area contributed by atoms with Gasteiger partial charge in [0.2, 0.25) is 0 Å². The zero-order chi connectivity index (χ0) is 17.9. The van der Waals surface area contributed by atoms with Crippen LogP contribution in [-0.4, -0.2) is 61.1 Å². The Morgan fingerprint density at radius 2 is 1.96 bits per heavy atom. The molecule has 5 nitrogen and oxygen atoms in total. The molecule has 2 aliphatic heterocycles. The summed E-state index contributed by atoms with van der Waals surface area (Å²) in [7, 11) is 3.82. The first-order valence-corrected chi connectivity index (χ1v) is 9.33. The lowest BCUT2D eigenvalue weighted by atomic mass is 9.80. The van der Waals surface area contributed by atoms with E-state index < -0.39 is 0 Å². The van der Waals surface area contributed by atoms with Crippen molar-refractivity contribution in [2.24, 2.45) is 0 Å². The van der Waals surface area contributed by atoms with Gasteiger partial charge in [0, 0.05) is 18.1 Å². The highest BCUT2D eigenvalue weighted by atomic mass is 16.5. The van der Waals surface area contributed by atoms with E-state index in [9.17, 15) is 4.79 Å². The molecule has 0 bridgehead atoms. The molecule has 2 saturated heterocycles. The number of rotatable bonds is 4. The summed E-state index contributed by atoms with van der Waals surface area (Å²) in [5, 5.41) is 0. The third-order valence-corrected chi connectivity index (χ3v) is 6.01. The number of ether oxygens (including phenoxy) is 2. The predicted octanol–water partition coefficient (Wildman–Crippen LogP) is 2.94. The van der Waals surface area contributed by atoms with Crippen molar-refractivity contribution in [3.63, 3.8) is 0 Å². The van der Waals surface area contributed by atoms with Gasteiger partial charge in [-0.1, -0.05) is 18.6 Å². The quantitative estimate of drug-likeness (QED) is 0.841. The second kappa shape index (κ2) is 7.65. The van der Waals surface area contributed by atoms with Crippen molar-refractivity contribution < 1.29 is 14.3 Å². The number of hydrogen-bond donors (Lipinski definition) is 0. The maximum Gasteiger partial charge on any atom is 0.260 e. The Kier molecular flexibility index (Phi) is 5.52. The van der Waals surface area contributed by atoms with Crippen LogP contribution >= 0.6 is 0 Å². The first kappa shape index (κ1) is 18.1. The first-order valence-electron chi connectivity index (χ1n) is 9.33. The Hall–Kier alpha value is -1.75. The van der Waals surface area contributed by atoms with E-state index in [1.165, 1.54) is 12.8 Å². The molecule has 2 fully saturated rings. The molecule has 1 amide bonds. The topological polar surface area (TPSA) is 42.0 Å². The fraction of sp³-hybridized carbons (Fsp3) is 0.650. The normalized spacial score (nSPS) is 27.3.